The lowest BCUT2D eigenvalue weighted by Gasteiger charge is -2.51. The van der Waals surface area contributed by atoms with Gasteiger partial charge < -0.3 is 4.79 Å². The third-order valence-electron chi connectivity index (χ3n) is 7.25. The second-order valence-corrected chi connectivity index (χ2v) is 9.40. The molecule has 7 nitrogen and oxygen atoms in total. The molecule has 3 aliphatic carbocycles. The Morgan fingerprint density at radius 2 is 1.55 bits per heavy atom. The Morgan fingerprint density at radius 3 is 2.09 bits per heavy atom. The maximum atomic E-state index is 13.9. The fourth-order valence-corrected chi connectivity index (χ4v) is 6.60. The average Bonchev–Trinajstić information content (AvgIpc) is 3.10. The monoisotopic (exact) mass is 502 g/mol. The van der Waals surface area contributed by atoms with Crippen LogP contribution in [0.3, 0.4) is 0 Å². The third kappa shape index (κ3) is 2.31. The zero-order valence-electron chi connectivity index (χ0n) is 17.0. The van der Waals surface area contributed by atoms with Crippen LogP contribution in [0, 0.1) is 22.0 Å². The predicted octanol–water partition coefficient (Wildman–Crippen LogP) is 4.11. The molecule has 8 heteroatoms. The Balaban J connectivity index is 1.60. The molecule has 0 aromatic heterocycles. The van der Waals surface area contributed by atoms with E-state index >= 15 is 0 Å². The number of carbonyl (C=O) groups is 3. The van der Waals surface area contributed by atoms with Gasteiger partial charge in [-0.05, 0) is 44.3 Å². The molecule has 2 amide bonds. The molecule has 3 aromatic carbocycles. The van der Waals surface area contributed by atoms with Gasteiger partial charge in [-0.1, -0.05) is 48.5 Å². The number of hydrogen-bond donors (Lipinski definition) is 0. The Morgan fingerprint density at radius 1 is 0.939 bits per heavy atom. The van der Waals surface area contributed by atoms with Crippen LogP contribution in [0.15, 0.2) is 71.2 Å². The molecular weight excluding hydrogens is 488 g/mol. The Kier molecular flexibility index (Phi) is 4.05. The van der Waals surface area contributed by atoms with Crippen molar-refractivity contribution in [3.05, 3.63) is 104 Å². The summed E-state index contributed by atoms with van der Waals surface area (Å²) in [6.07, 6.45) is 0.817. The number of anilines is 1. The van der Waals surface area contributed by atoms with Gasteiger partial charge in [-0.15, -0.1) is 0 Å². The number of halogens is 1. The number of non-ortho nitro benzene ring substituents is 1. The maximum absolute atomic E-state index is 13.9. The number of nitro benzene ring substituents is 1. The summed E-state index contributed by atoms with van der Waals surface area (Å²) in [7, 11) is 0. The molecular formula is C25H15BrN2O5. The van der Waals surface area contributed by atoms with Gasteiger partial charge in [0.15, 0.2) is 0 Å². The molecule has 0 unspecified atom stereocenters. The summed E-state index contributed by atoms with van der Waals surface area (Å²) in [4.78, 5) is 52.3. The van der Waals surface area contributed by atoms with Crippen LogP contribution in [0.2, 0.25) is 0 Å². The first-order valence-corrected chi connectivity index (χ1v) is 11.2. The van der Waals surface area contributed by atoms with E-state index < -0.39 is 34.0 Å². The highest BCUT2D eigenvalue weighted by Gasteiger charge is 2.68. The molecule has 0 N–H and O–H groups in total. The molecule has 2 bridgehead atoms. The SMILES string of the molecule is O=CC12c3ccccc3C(c3ccccc31)[C@H]1C(=O)N(c3ccc([N+](=O)[O-])cc3Br)C(=O)[C@H]12. The smallest absolute Gasteiger partial charge is 0.270 e. The van der Waals surface area contributed by atoms with Crippen LogP contribution in [-0.2, 0) is 19.8 Å². The predicted molar refractivity (Wildman–Crippen MR) is 122 cm³/mol. The molecule has 3 aromatic rings. The number of carbonyl (C=O) groups excluding carboxylic acids is 3. The van der Waals surface area contributed by atoms with Crippen LogP contribution in [0.5, 0.6) is 0 Å². The number of nitrogens with zero attached hydrogens (tertiary/aromatic N) is 2. The van der Waals surface area contributed by atoms with Crippen LogP contribution >= 0.6 is 15.9 Å². The van der Waals surface area contributed by atoms with Crippen molar-refractivity contribution in [1.29, 1.82) is 0 Å². The van der Waals surface area contributed by atoms with E-state index in [1.807, 2.05) is 48.5 Å². The number of amides is 2. The van der Waals surface area contributed by atoms with Crippen molar-refractivity contribution in [1.82, 2.24) is 0 Å². The highest BCUT2D eigenvalue weighted by Crippen LogP contribution is 2.63. The second-order valence-electron chi connectivity index (χ2n) is 8.55. The fourth-order valence-electron chi connectivity index (χ4n) is 6.06. The summed E-state index contributed by atoms with van der Waals surface area (Å²) >= 11 is 3.29. The van der Waals surface area contributed by atoms with Crippen molar-refractivity contribution in [2.75, 3.05) is 4.90 Å². The summed E-state index contributed by atoms with van der Waals surface area (Å²) in [5.41, 5.74) is 2.09. The van der Waals surface area contributed by atoms with E-state index in [9.17, 15) is 24.5 Å². The van der Waals surface area contributed by atoms with E-state index in [1.54, 1.807) is 0 Å². The maximum Gasteiger partial charge on any atom is 0.270 e. The molecule has 0 saturated carbocycles. The van der Waals surface area contributed by atoms with Crippen molar-refractivity contribution in [3.8, 4) is 0 Å². The zero-order chi connectivity index (χ0) is 23.1. The first-order chi connectivity index (χ1) is 15.9. The van der Waals surface area contributed by atoms with Gasteiger partial charge in [-0.2, -0.15) is 0 Å². The van der Waals surface area contributed by atoms with Gasteiger partial charge >= 0.3 is 0 Å². The van der Waals surface area contributed by atoms with E-state index in [4.69, 9.17) is 0 Å². The normalized spacial score (nSPS) is 26.6. The average molecular weight is 503 g/mol. The highest BCUT2D eigenvalue weighted by molar-refractivity contribution is 9.10. The molecule has 1 fully saturated rings. The molecule has 33 heavy (non-hydrogen) atoms. The molecule has 4 aliphatic rings. The molecule has 1 aliphatic heterocycles. The third-order valence-corrected chi connectivity index (χ3v) is 7.89. The summed E-state index contributed by atoms with van der Waals surface area (Å²) < 4.78 is 0.263. The van der Waals surface area contributed by atoms with E-state index in [2.05, 4.69) is 15.9 Å². The minimum absolute atomic E-state index is 0.161. The number of aldehydes is 1. The van der Waals surface area contributed by atoms with Gasteiger partial charge in [-0.25, -0.2) is 4.90 Å². The summed E-state index contributed by atoms with van der Waals surface area (Å²) in [5.74, 6) is -2.86. The molecule has 1 saturated heterocycles. The number of benzene rings is 3. The number of hydrogen-bond acceptors (Lipinski definition) is 5. The lowest BCUT2D eigenvalue weighted by Crippen LogP contribution is -2.54. The Hall–Kier alpha value is -3.65. The summed E-state index contributed by atoms with van der Waals surface area (Å²) in [6.45, 7) is 0. The molecule has 0 spiro atoms. The van der Waals surface area contributed by atoms with Gasteiger partial charge in [0.1, 0.15) is 6.29 Å². The fraction of sp³-hybridized carbons (Fsp3) is 0.160. The lowest BCUT2D eigenvalue weighted by molar-refractivity contribution is -0.384. The Labute approximate surface area is 196 Å². The first kappa shape index (κ1) is 20.0. The molecule has 1 heterocycles. The first-order valence-electron chi connectivity index (χ1n) is 10.4. The van der Waals surface area contributed by atoms with Crippen LogP contribution in [0.1, 0.15) is 28.2 Å². The van der Waals surface area contributed by atoms with Gasteiger partial charge in [0.25, 0.3) is 5.69 Å². The minimum Gasteiger partial charge on any atom is -0.302 e. The van der Waals surface area contributed by atoms with Gasteiger partial charge in [0, 0.05) is 22.5 Å². The van der Waals surface area contributed by atoms with Crippen molar-refractivity contribution < 1.29 is 19.3 Å². The van der Waals surface area contributed by atoms with E-state index in [0.717, 1.165) is 33.4 Å². The largest absolute Gasteiger partial charge is 0.302 e. The summed E-state index contributed by atoms with van der Waals surface area (Å²) in [5, 5.41) is 11.1. The molecule has 2 atom stereocenters. The number of nitro groups is 1. The molecule has 7 rings (SSSR count). The quantitative estimate of drug-likeness (QED) is 0.232. The lowest BCUT2D eigenvalue weighted by atomic mass is 9.48. The van der Waals surface area contributed by atoms with E-state index in [1.165, 1.54) is 18.2 Å². The topological polar surface area (TPSA) is 97.6 Å². The van der Waals surface area contributed by atoms with Gasteiger partial charge in [-0.3, -0.25) is 19.7 Å². The van der Waals surface area contributed by atoms with Crippen molar-refractivity contribution in [3.63, 3.8) is 0 Å². The standard InChI is InChI=1S/C25H15BrN2O5/c26-18-11-13(28(32)33)9-10-19(18)27-23(30)21-20-14-5-1-3-7-16(14)25(12-29,22(21)24(27)31)17-8-4-2-6-15(17)20/h1-12,20-22H/t20?,21-,22+,25?/m1/s1. The molecule has 0 radical (unpaired) electrons. The highest BCUT2D eigenvalue weighted by atomic mass is 79.9. The van der Waals surface area contributed by atoms with Gasteiger partial charge in [0.2, 0.25) is 11.8 Å². The Bertz CT molecular complexity index is 1370. The van der Waals surface area contributed by atoms with Crippen molar-refractivity contribution in [2.24, 2.45) is 11.8 Å². The zero-order valence-corrected chi connectivity index (χ0v) is 18.6. The minimum atomic E-state index is -1.28. The van der Waals surface area contributed by atoms with Crippen LogP contribution in [0.25, 0.3) is 0 Å². The molecule has 162 valence electrons. The number of imide groups is 1. The van der Waals surface area contributed by atoms with Crippen molar-refractivity contribution >= 4 is 45.4 Å². The van der Waals surface area contributed by atoms with E-state index in [0.29, 0.717) is 0 Å². The van der Waals surface area contributed by atoms with Crippen LogP contribution < -0.4 is 4.90 Å². The van der Waals surface area contributed by atoms with Crippen LogP contribution in [0.4, 0.5) is 11.4 Å². The number of rotatable bonds is 3. The van der Waals surface area contributed by atoms with E-state index in [-0.39, 0.29) is 21.8 Å². The van der Waals surface area contributed by atoms with Crippen LogP contribution in [-0.4, -0.2) is 23.0 Å². The summed E-state index contributed by atoms with van der Waals surface area (Å²) in [6, 6.07) is 18.9. The van der Waals surface area contributed by atoms with Gasteiger partial charge in [0.05, 0.1) is 27.9 Å². The van der Waals surface area contributed by atoms with Crippen molar-refractivity contribution in [2.45, 2.75) is 11.3 Å². The second kappa shape index (κ2) is 6.68.